The molecule has 0 atom stereocenters. The van der Waals surface area contributed by atoms with Crippen molar-refractivity contribution in [3.63, 3.8) is 0 Å². The minimum Gasteiger partial charge on any atom is -0.484 e. The van der Waals surface area contributed by atoms with Crippen LogP contribution in [0.3, 0.4) is 0 Å². The summed E-state index contributed by atoms with van der Waals surface area (Å²) in [5.74, 6) is -0.171. The van der Waals surface area contributed by atoms with Gasteiger partial charge in [0.15, 0.2) is 6.61 Å². The van der Waals surface area contributed by atoms with E-state index in [0.29, 0.717) is 22.2 Å². The third-order valence-electron chi connectivity index (χ3n) is 3.35. The minimum atomic E-state index is -0.638. The molecule has 0 saturated heterocycles. The van der Waals surface area contributed by atoms with Gasteiger partial charge in [-0.1, -0.05) is 24.3 Å². The third-order valence-corrected chi connectivity index (χ3v) is 3.35. The van der Waals surface area contributed by atoms with Crippen molar-refractivity contribution >= 4 is 23.0 Å². The molecule has 0 aliphatic carbocycles. The molecule has 1 amide bonds. The summed E-state index contributed by atoms with van der Waals surface area (Å²) < 4.78 is 5.94. The second-order valence-corrected chi connectivity index (χ2v) is 5.16. The van der Waals surface area contributed by atoms with E-state index in [0.717, 1.165) is 4.68 Å². The highest BCUT2D eigenvalue weighted by atomic mass is 16.5. The summed E-state index contributed by atoms with van der Waals surface area (Å²) in [4.78, 5) is 37.7. The normalized spacial score (nSPS) is 11.0. The average molecular weight is 338 g/mol. The fraction of sp³-hybridized carbons (Fsp3) is 0.0588. The number of hydrogen-bond acceptors (Lipinski definition) is 5. The molecule has 8 nitrogen and oxygen atoms in total. The van der Waals surface area contributed by atoms with Crippen molar-refractivity contribution in [3.8, 4) is 5.75 Å². The molecule has 1 aromatic heterocycles. The highest BCUT2D eigenvalue weighted by molar-refractivity contribution is 5.81. The number of ether oxygens (including phenoxy) is 1. The number of hydrogen-bond donors (Lipinski definition) is 2. The van der Waals surface area contributed by atoms with Gasteiger partial charge >= 0.3 is 5.69 Å². The maximum Gasteiger partial charge on any atom is 0.349 e. The molecule has 0 radical (unpaired) electrons. The number of aromatic nitrogens is 2. The topological polar surface area (TPSA) is 120 Å². The first-order chi connectivity index (χ1) is 12.0. The summed E-state index contributed by atoms with van der Waals surface area (Å²) in [6, 6.07) is 13.3. The van der Waals surface area contributed by atoms with Crippen LogP contribution >= 0.6 is 0 Å². The Labute approximate surface area is 141 Å². The van der Waals surface area contributed by atoms with Crippen LogP contribution in [-0.4, -0.2) is 28.4 Å². The number of benzene rings is 2. The van der Waals surface area contributed by atoms with Crippen molar-refractivity contribution in [2.75, 3.05) is 6.61 Å². The maximum atomic E-state index is 12.4. The van der Waals surface area contributed by atoms with Crippen LogP contribution in [0.5, 0.6) is 5.75 Å². The molecule has 8 heteroatoms. The zero-order chi connectivity index (χ0) is 17.8. The van der Waals surface area contributed by atoms with E-state index in [-0.39, 0.29) is 6.61 Å². The predicted molar refractivity (Wildman–Crippen MR) is 93.0 cm³/mol. The van der Waals surface area contributed by atoms with Gasteiger partial charge in [-0.05, 0) is 29.8 Å². The lowest BCUT2D eigenvalue weighted by Gasteiger charge is -2.04. The van der Waals surface area contributed by atoms with E-state index in [2.05, 4.69) is 10.1 Å². The molecule has 0 spiro atoms. The van der Waals surface area contributed by atoms with Crippen molar-refractivity contribution < 1.29 is 9.53 Å². The van der Waals surface area contributed by atoms with E-state index in [1.54, 1.807) is 48.5 Å². The van der Waals surface area contributed by atoms with Crippen LogP contribution in [0.4, 0.5) is 0 Å². The highest BCUT2D eigenvalue weighted by Crippen LogP contribution is 2.11. The molecule has 1 heterocycles. The summed E-state index contributed by atoms with van der Waals surface area (Å²) in [5.41, 5.74) is 4.90. The number of nitrogens with two attached hydrogens (primary N) is 1. The molecule has 0 aliphatic rings. The fourth-order valence-corrected chi connectivity index (χ4v) is 2.22. The highest BCUT2D eigenvalue weighted by Gasteiger charge is 2.05. The predicted octanol–water partition coefficient (Wildman–Crippen LogP) is 0.436. The maximum absolute atomic E-state index is 12.4. The van der Waals surface area contributed by atoms with Gasteiger partial charge in [-0.25, -0.2) is 4.79 Å². The first-order valence-electron chi connectivity index (χ1n) is 7.34. The quantitative estimate of drug-likeness (QED) is 0.656. The number of fused-ring (bicyclic) bond motifs is 1. The van der Waals surface area contributed by atoms with Gasteiger partial charge in [0.1, 0.15) is 5.75 Å². The van der Waals surface area contributed by atoms with Gasteiger partial charge in [0.2, 0.25) is 0 Å². The van der Waals surface area contributed by atoms with Crippen LogP contribution in [-0.2, 0) is 4.79 Å². The van der Waals surface area contributed by atoms with Gasteiger partial charge in [0.25, 0.3) is 11.5 Å². The molecule has 0 aliphatic heterocycles. The van der Waals surface area contributed by atoms with Gasteiger partial charge in [-0.15, -0.1) is 4.68 Å². The monoisotopic (exact) mass is 338 g/mol. The molecule has 126 valence electrons. The van der Waals surface area contributed by atoms with Crippen LogP contribution in [0.1, 0.15) is 5.56 Å². The molecular formula is C17H14N4O4. The summed E-state index contributed by atoms with van der Waals surface area (Å²) in [7, 11) is 0. The first kappa shape index (κ1) is 16.2. The number of aromatic amines is 1. The Kier molecular flexibility index (Phi) is 4.42. The van der Waals surface area contributed by atoms with E-state index < -0.39 is 17.2 Å². The number of rotatable bonds is 5. The number of nitrogens with one attached hydrogen (secondary N) is 1. The number of carbonyl (C=O) groups excluding carboxylic acids is 1. The molecule has 0 fully saturated rings. The van der Waals surface area contributed by atoms with E-state index in [9.17, 15) is 14.4 Å². The molecule has 25 heavy (non-hydrogen) atoms. The van der Waals surface area contributed by atoms with Crippen LogP contribution in [0.2, 0.25) is 0 Å². The average Bonchev–Trinajstić information content (AvgIpc) is 2.60. The number of carbonyl (C=O) groups is 1. The van der Waals surface area contributed by atoms with E-state index in [1.807, 2.05) is 0 Å². The molecule has 3 N–H and O–H groups in total. The fourth-order valence-electron chi connectivity index (χ4n) is 2.22. The van der Waals surface area contributed by atoms with Gasteiger partial charge in [0, 0.05) is 0 Å². The van der Waals surface area contributed by atoms with E-state index in [4.69, 9.17) is 10.5 Å². The Balaban J connectivity index is 1.94. The van der Waals surface area contributed by atoms with Crippen molar-refractivity contribution in [1.82, 2.24) is 9.66 Å². The second-order valence-electron chi connectivity index (χ2n) is 5.16. The first-order valence-corrected chi connectivity index (χ1v) is 7.34. The summed E-state index contributed by atoms with van der Waals surface area (Å²) in [5, 5.41) is 4.31. The SMILES string of the molecule is NC(=O)COc1cccc(C=Nn2c(=O)[nH]c3ccccc3c2=O)c1. The number of primary amides is 1. The summed E-state index contributed by atoms with van der Waals surface area (Å²) in [6.45, 7) is -0.246. The summed E-state index contributed by atoms with van der Waals surface area (Å²) >= 11 is 0. The van der Waals surface area contributed by atoms with Gasteiger partial charge in [-0.3, -0.25) is 9.59 Å². The number of H-pyrrole nitrogens is 1. The van der Waals surface area contributed by atoms with Crippen molar-refractivity contribution in [2.24, 2.45) is 10.8 Å². The largest absolute Gasteiger partial charge is 0.484 e. The van der Waals surface area contributed by atoms with Crippen molar-refractivity contribution in [2.45, 2.75) is 0 Å². The Hall–Kier alpha value is -3.68. The van der Waals surface area contributed by atoms with Gasteiger partial charge in [-0.2, -0.15) is 5.10 Å². The zero-order valence-electron chi connectivity index (χ0n) is 13.0. The lowest BCUT2D eigenvalue weighted by atomic mass is 10.2. The second kappa shape index (κ2) is 6.83. The van der Waals surface area contributed by atoms with Crippen LogP contribution in [0, 0.1) is 0 Å². The van der Waals surface area contributed by atoms with Gasteiger partial charge in [0.05, 0.1) is 17.1 Å². The van der Waals surface area contributed by atoms with Gasteiger partial charge < -0.3 is 15.5 Å². The lowest BCUT2D eigenvalue weighted by Crippen LogP contribution is -2.32. The molecule has 0 unspecified atom stereocenters. The van der Waals surface area contributed by atoms with Crippen LogP contribution in [0.25, 0.3) is 10.9 Å². The molecule has 3 rings (SSSR count). The van der Waals surface area contributed by atoms with E-state index in [1.165, 1.54) is 6.21 Å². The molecule has 2 aromatic carbocycles. The minimum absolute atomic E-state index is 0.246. The molecule has 3 aromatic rings. The third kappa shape index (κ3) is 3.63. The molecule has 0 saturated carbocycles. The Morgan fingerprint density at radius 3 is 2.80 bits per heavy atom. The number of nitrogens with zero attached hydrogens (tertiary/aromatic N) is 2. The number of para-hydroxylation sites is 1. The standard InChI is InChI=1S/C17H14N4O4/c18-15(22)10-25-12-5-3-4-11(8-12)9-19-21-16(23)13-6-1-2-7-14(13)20-17(21)24/h1-9H,10H2,(H2,18,22)(H,20,24). The molecular weight excluding hydrogens is 324 g/mol. The molecule has 0 bridgehead atoms. The zero-order valence-corrected chi connectivity index (χ0v) is 13.0. The van der Waals surface area contributed by atoms with Crippen LogP contribution < -0.4 is 21.7 Å². The lowest BCUT2D eigenvalue weighted by molar-refractivity contribution is -0.119. The smallest absolute Gasteiger partial charge is 0.349 e. The summed E-state index contributed by atoms with van der Waals surface area (Å²) in [6.07, 6.45) is 1.35. The number of amides is 1. The van der Waals surface area contributed by atoms with Crippen LogP contribution in [0.15, 0.2) is 63.2 Å². The van der Waals surface area contributed by atoms with Crippen molar-refractivity contribution in [1.29, 1.82) is 0 Å². The Bertz CT molecular complexity index is 1080. The van der Waals surface area contributed by atoms with E-state index >= 15 is 0 Å². The Morgan fingerprint density at radius 1 is 1.20 bits per heavy atom. The Morgan fingerprint density at radius 2 is 2.00 bits per heavy atom. The van der Waals surface area contributed by atoms with Crippen molar-refractivity contribution in [3.05, 3.63) is 74.9 Å².